The van der Waals surface area contributed by atoms with Crippen LogP contribution in [-0.2, 0) is 20.0 Å². The van der Waals surface area contributed by atoms with Gasteiger partial charge in [-0.3, -0.25) is 13.8 Å². The van der Waals surface area contributed by atoms with Crippen LogP contribution in [0.25, 0.3) is 0 Å². The van der Waals surface area contributed by atoms with Gasteiger partial charge in [-0.2, -0.15) is 0 Å². The first kappa shape index (κ1) is 25.8. The molecule has 0 aliphatic rings. The molecular weight excluding hydrogens is 521 g/mol. The highest BCUT2D eigenvalue weighted by molar-refractivity contribution is 7.93. The molecule has 0 unspecified atom stereocenters. The standard InChI is InChI=1S/C22H21Cl2N3O5S2/c1-3-33(29,30)27(2)18-9-4-15(5-10-18)22(28)25-17-7-11-19(12-8-17)34(31,32)26-21-13-6-16(23)14-20(21)24/h4-14,26H,3H2,1-2H3,(H,25,28). The summed E-state index contributed by atoms with van der Waals surface area (Å²) in [4.78, 5) is 12.5. The Balaban J connectivity index is 1.70. The third kappa shape index (κ3) is 6.01. The van der Waals surface area contributed by atoms with Crippen molar-refractivity contribution in [3.05, 3.63) is 82.3 Å². The molecule has 34 heavy (non-hydrogen) atoms. The van der Waals surface area contributed by atoms with Gasteiger partial charge < -0.3 is 5.32 Å². The Morgan fingerprint density at radius 3 is 2.09 bits per heavy atom. The van der Waals surface area contributed by atoms with Crippen LogP contribution in [-0.4, -0.2) is 35.5 Å². The molecule has 3 aromatic carbocycles. The Bertz CT molecular complexity index is 1410. The van der Waals surface area contributed by atoms with E-state index in [0.29, 0.717) is 22.0 Å². The van der Waals surface area contributed by atoms with Crippen LogP contribution in [0.4, 0.5) is 17.1 Å². The highest BCUT2D eigenvalue weighted by Gasteiger charge is 2.18. The van der Waals surface area contributed by atoms with Gasteiger partial charge in [0.2, 0.25) is 10.0 Å². The number of anilines is 3. The van der Waals surface area contributed by atoms with Gasteiger partial charge in [-0.25, -0.2) is 16.8 Å². The Kier molecular flexibility index (Phi) is 7.77. The fourth-order valence-electron chi connectivity index (χ4n) is 2.87. The summed E-state index contributed by atoms with van der Waals surface area (Å²) in [7, 11) is -5.88. The first-order valence-electron chi connectivity index (χ1n) is 9.89. The third-order valence-corrected chi connectivity index (χ3v) is 8.58. The Morgan fingerprint density at radius 2 is 1.53 bits per heavy atom. The quantitative estimate of drug-likeness (QED) is 0.423. The van der Waals surface area contributed by atoms with Gasteiger partial charge in [0.15, 0.2) is 0 Å². The summed E-state index contributed by atoms with van der Waals surface area (Å²) in [6.45, 7) is 1.55. The van der Waals surface area contributed by atoms with Crippen molar-refractivity contribution in [3.8, 4) is 0 Å². The monoisotopic (exact) mass is 541 g/mol. The molecule has 0 saturated heterocycles. The van der Waals surface area contributed by atoms with E-state index in [1.165, 1.54) is 73.8 Å². The zero-order chi connectivity index (χ0) is 25.1. The Labute approximate surface area is 208 Å². The summed E-state index contributed by atoms with van der Waals surface area (Å²) in [6, 6.07) is 16.1. The summed E-state index contributed by atoms with van der Waals surface area (Å²) in [6.07, 6.45) is 0. The second-order valence-electron chi connectivity index (χ2n) is 7.12. The zero-order valence-electron chi connectivity index (χ0n) is 18.1. The fraction of sp³-hybridized carbons (Fsp3) is 0.136. The number of sulfonamides is 2. The lowest BCUT2D eigenvalue weighted by Crippen LogP contribution is -2.28. The number of hydrogen-bond acceptors (Lipinski definition) is 5. The van der Waals surface area contributed by atoms with Gasteiger partial charge in [0, 0.05) is 23.3 Å². The van der Waals surface area contributed by atoms with E-state index in [2.05, 4.69) is 10.0 Å². The second kappa shape index (κ2) is 10.2. The maximum absolute atomic E-state index is 12.6. The molecule has 1 amide bonds. The van der Waals surface area contributed by atoms with E-state index in [1.54, 1.807) is 6.92 Å². The number of carbonyl (C=O) groups excluding carboxylic acids is 1. The third-order valence-electron chi connectivity index (χ3n) is 4.87. The molecule has 0 bridgehead atoms. The van der Waals surface area contributed by atoms with Crippen LogP contribution in [0.15, 0.2) is 71.6 Å². The number of halogens is 2. The number of nitrogens with zero attached hydrogens (tertiary/aromatic N) is 1. The maximum Gasteiger partial charge on any atom is 0.261 e. The average molecular weight is 542 g/mol. The second-order valence-corrected chi connectivity index (χ2v) is 11.9. The van der Waals surface area contributed by atoms with Crippen LogP contribution in [0.2, 0.25) is 10.0 Å². The maximum atomic E-state index is 12.6. The molecule has 12 heteroatoms. The Morgan fingerprint density at radius 1 is 0.912 bits per heavy atom. The van der Waals surface area contributed by atoms with Gasteiger partial charge in [0.05, 0.1) is 27.0 Å². The van der Waals surface area contributed by atoms with Crippen molar-refractivity contribution in [2.75, 3.05) is 27.1 Å². The van der Waals surface area contributed by atoms with E-state index >= 15 is 0 Å². The number of amides is 1. The van der Waals surface area contributed by atoms with Crippen LogP contribution in [0.5, 0.6) is 0 Å². The van der Waals surface area contributed by atoms with E-state index in [1.807, 2.05) is 0 Å². The van der Waals surface area contributed by atoms with Crippen LogP contribution in [0.1, 0.15) is 17.3 Å². The molecule has 0 spiro atoms. The molecule has 2 N–H and O–H groups in total. The lowest BCUT2D eigenvalue weighted by atomic mass is 10.2. The number of hydrogen-bond donors (Lipinski definition) is 2. The highest BCUT2D eigenvalue weighted by atomic mass is 35.5. The molecule has 0 aliphatic carbocycles. The minimum absolute atomic E-state index is 0.0268. The molecule has 0 atom stereocenters. The van der Waals surface area contributed by atoms with E-state index in [4.69, 9.17) is 23.2 Å². The predicted octanol–water partition coefficient (Wildman–Crippen LogP) is 4.83. The summed E-state index contributed by atoms with van der Waals surface area (Å²) >= 11 is 11.9. The molecule has 0 radical (unpaired) electrons. The highest BCUT2D eigenvalue weighted by Crippen LogP contribution is 2.28. The lowest BCUT2D eigenvalue weighted by molar-refractivity contribution is 0.102. The van der Waals surface area contributed by atoms with Crippen LogP contribution in [0.3, 0.4) is 0 Å². The lowest BCUT2D eigenvalue weighted by Gasteiger charge is -2.18. The summed E-state index contributed by atoms with van der Waals surface area (Å²) < 4.78 is 52.8. The molecule has 180 valence electrons. The van der Waals surface area contributed by atoms with E-state index in [9.17, 15) is 21.6 Å². The first-order valence-corrected chi connectivity index (χ1v) is 13.7. The van der Waals surface area contributed by atoms with Crippen molar-refractivity contribution in [1.29, 1.82) is 0 Å². The number of nitrogens with one attached hydrogen (secondary N) is 2. The van der Waals surface area contributed by atoms with Crippen molar-refractivity contribution in [2.45, 2.75) is 11.8 Å². The van der Waals surface area contributed by atoms with Crippen LogP contribution in [0, 0.1) is 0 Å². The fourth-order valence-corrected chi connectivity index (χ4v) is 5.30. The van der Waals surface area contributed by atoms with Gasteiger partial charge in [0.1, 0.15) is 0 Å². The molecule has 0 fully saturated rings. The molecule has 0 heterocycles. The van der Waals surface area contributed by atoms with Crippen LogP contribution >= 0.6 is 23.2 Å². The minimum atomic E-state index is -3.92. The molecule has 0 aliphatic heterocycles. The summed E-state index contributed by atoms with van der Waals surface area (Å²) in [5, 5.41) is 3.20. The van der Waals surface area contributed by atoms with Crippen molar-refractivity contribution < 1.29 is 21.6 Å². The van der Waals surface area contributed by atoms with Crippen LogP contribution < -0.4 is 14.3 Å². The number of benzene rings is 3. The molecule has 3 aromatic rings. The minimum Gasteiger partial charge on any atom is -0.322 e. The molecule has 8 nitrogen and oxygen atoms in total. The SMILES string of the molecule is CCS(=O)(=O)N(C)c1ccc(C(=O)Nc2ccc(S(=O)(=O)Nc3ccc(Cl)cc3Cl)cc2)cc1. The van der Waals surface area contributed by atoms with Gasteiger partial charge >= 0.3 is 0 Å². The topological polar surface area (TPSA) is 113 Å². The predicted molar refractivity (Wildman–Crippen MR) is 136 cm³/mol. The molecule has 3 rings (SSSR count). The van der Waals surface area contributed by atoms with Crippen molar-refractivity contribution in [2.24, 2.45) is 0 Å². The van der Waals surface area contributed by atoms with Crippen molar-refractivity contribution >= 4 is 66.2 Å². The molecular formula is C22H21Cl2N3O5S2. The van der Waals surface area contributed by atoms with E-state index in [-0.39, 0.29) is 21.4 Å². The molecule has 0 aromatic heterocycles. The molecule has 0 saturated carbocycles. The normalized spacial score (nSPS) is 11.6. The largest absolute Gasteiger partial charge is 0.322 e. The smallest absolute Gasteiger partial charge is 0.261 e. The van der Waals surface area contributed by atoms with Crippen molar-refractivity contribution in [3.63, 3.8) is 0 Å². The Hall–Kier alpha value is -2.79. The number of rotatable bonds is 8. The van der Waals surface area contributed by atoms with E-state index < -0.39 is 26.0 Å². The first-order chi connectivity index (χ1) is 15.9. The van der Waals surface area contributed by atoms with Gasteiger partial charge in [-0.05, 0) is 73.7 Å². The van der Waals surface area contributed by atoms with Gasteiger partial charge in [-0.1, -0.05) is 23.2 Å². The summed E-state index contributed by atoms with van der Waals surface area (Å²) in [5.74, 6) is -0.478. The van der Waals surface area contributed by atoms with Gasteiger partial charge in [-0.15, -0.1) is 0 Å². The zero-order valence-corrected chi connectivity index (χ0v) is 21.3. The van der Waals surface area contributed by atoms with Gasteiger partial charge in [0.25, 0.3) is 15.9 Å². The summed E-state index contributed by atoms with van der Waals surface area (Å²) in [5.41, 5.74) is 1.30. The van der Waals surface area contributed by atoms with Crippen molar-refractivity contribution in [1.82, 2.24) is 0 Å². The number of carbonyl (C=O) groups is 1. The van der Waals surface area contributed by atoms with E-state index in [0.717, 1.165) is 4.31 Å². The average Bonchev–Trinajstić information content (AvgIpc) is 2.81.